The number of hydrogen-bond donors (Lipinski definition) is 1. The lowest BCUT2D eigenvalue weighted by atomic mass is 10.1. The first-order chi connectivity index (χ1) is 13.8. The molecule has 10 heteroatoms. The predicted molar refractivity (Wildman–Crippen MR) is 108 cm³/mol. The van der Waals surface area contributed by atoms with Crippen LogP contribution in [0, 0.1) is 4.77 Å². The Morgan fingerprint density at radius 2 is 2.21 bits per heavy atom. The van der Waals surface area contributed by atoms with E-state index in [0.717, 1.165) is 30.2 Å². The number of aromatic nitrogens is 3. The minimum Gasteiger partial charge on any atom is -0.376 e. The van der Waals surface area contributed by atoms with Gasteiger partial charge in [-0.1, -0.05) is 6.92 Å². The van der Waals surface area contributed by atoms with Crippen molar-refractivity contribution in [2.24, 2.45) is 0 Å². The summed E-state index contributed by atoms with van der Waals surface area (Å²) >= 11 is 6.64. The second kappa shape index (κ2) is 7.66. The number of pyridine rings is 1. The lowest BCUT2D eigenvalue weighted by Crippen LogP contribution is -2.24. The molecular formula is C19H18F3N3O2S2. The summed E-state index contributed by atoms with van der Waals surface area (Å²) in [6, 6.07) is 4.57. The van der Waals surface area contributed by atoms with Crippen LogP contribution in [0.2, 0.25) is 0 Å². The fraction of sp³-hybridized carbons (Fsp3) is 0.421. The Morgan fingerprint density at radius 1 is 1.41 bits per heavy atom. The van der Waals surface area contributed by atoms with Crippen molar-refractivity contribution in [3.8, 4) is 10.6 Å². The van der Waals surface area contributed by atoms with Crippen LogP contribution in [0.3, 0.4) is 0 Å². The van der Waals surface area contributed by atoms with Crippen LogP contribution in [0.25, 0.3) is 21.6 Å². The highest BCUT2D eigenvalue weighted by Gasteiger charge is 2.36. The molecule has 4 heterocycles. The maximum Gasteiger partial charge on any atom is 0.417 e. The molecule has 4 rings (SSSR count). The average Bonchev–Trinajstić information content (AvgIpc) is 3.35. The van der Waals surface area contributed by atoms with Gasteiger partial charge in [-0.25, -0.2) is 4.98 Å². The van der Waals surface area contributed by atoms with E-state index in [0.29, 0.717) is 11.5 Å². The van der Waals surface area contributed by atoms with Gasteiger partial charge in [0.15, 0.2) is 4.77 Å². The van der Waals surface area contributed by atoms with E-state index in [4.69, 9.17) is 17.0 Å². The molecule has 1 aliphatic rings. The third kappa shape index (κ3) is 3.88. The van der Waals surface area contributed by atoms with E-state index in [1.54, 1.807) is 6.07 Å². The molecule has 1 N–H and O–H groups in total. The van der Waals surface area contributed by atoms with E-state index in [2.05, 4.69) is 9.97 Å². The van der Waals surface area contributed by atoms with Crippen LogP contribution in [0.1, 0.15) is 30.2 Å². The Morgan fingerprint density at radius 3 is 2.83 bits per heavy atom. The Balaban J connectivity index is 2.01. The van der Waals surface area contributed by atoms with Crippen LogP contribution >= 0.6 is 23.6 Å². The van der Waals surface area contributed by atoms with Gasteiger partial charge in [-0.3, -0.25) is 14.3 Å². The number of thiophene rings is 1. The molecule has 0 saturated carbocycles. The highest BCUT2D eigenvalue weighted by molar-refractivity contribution is 7.71. The second-order valence-corrected chi connectivity index (χ2v) is 8.43. The molecule has 1 atom stereocenters. The largest absolute Gasteiger partial charge is 0.417 e. The zero-order valence-electron chi connectivity index (χ0n) is 15.5. The quantitative estimate of drug-likeness (QED) is 0.583. The maximum atomic E-state index is 13.9. The molecule has 0 spiro atoms. The SMILES string of the molecule is CCc1ccc(-c2cc(C(F)(F)F)c3c(=O)[nH]c(=S)n(CC4CCCO4)c3n2)s1. The number of alkyl halides is 3. The van der Waals surface area contributed by atoms with Crippen LogP contribution in [0.15, 0.2) is 23.0 Å². The van der Waals surface area contributed by atoms with Gasteiger partial charge in [0.05, 0.1) is 34.2 Å². The Hall–Kier alpha value is -2.04. The molecule has 1 fully saturated rings. The topological polar surface area (TPSA) is 59.9 Å². The lowest BCUT2D eigenvalue weighted by Gasteiger charge is -2.17. The van der Waals surface area contributed by atoms with E-state index in [1.165, 1.54) is 15.9 Å². The molecule has 1 unspecified atom stereocenters. The molecule has 0 aliphatic carbocycles. The van der Waals surface area contributed by atoms with Crippen molar-refractivity contribution >= 4 is 34.6 Å². The van der Waals surface area contributed by atoms with E-state index in [9.17, 15) is 18.0 Å². The summed E-state index contributed by atoms with van der Waals surface area (Å²) in [4.78, 5) is 20.9. The summed E-state index contributed by atoms with van der Waals surface area (Å²) in [7, 11) is 0. The molecule has 0 radical (unpaired) electrons. The molecule has 154 valence electrons. The van der Waals surface area contributed by atoms with E-state index < -0.39 is 22.7 Å². The number of fused-ring (bicyclic) bond motifs is 1. The molecule has 0 amide bonds. The normalized spacial score (nSPS) is 17.3. The molecule has 0 aromatic carbocycles. The first-order valence-electron chi connectivity index (χ1n) is 9.23. The molecule has 1 aliphatic heterocycles. The zero-order chi connectivity index (χ0) is 20.8. The summed E-state index contributed by atoms with van der Waals surface area (Å²) in [5.41, 5.74) is -1.79. The summed E-state index contributed by atoms with van der Waals surface area (Å²) < 4.78 is 48.7. The predicted octanol–water partition coefficient (Wildman–Crippen LogP) is 4.94. The number of rotatable bonds is 4. The first kappa shape index (κ1) is 20.2. The summed E-state index contributed by atoms with van der Waals surface area (Å²) in [5.74, 6) is 0. The highest BCUT2D eigenvalue weighted by atomic mass is 32.1. The van der Waals surface area contributed by atoms with Gasteiger partial charge in [-0.2, -0.15) is 13.2 Å². The Labute approximate surface area is 173 Å². The molecule has 1 saturated heterocycles. The Bertz CT molecular complexity index is 1170. The van der Waals surface area contributed by atoms with Crippen molar-refractivity contribution in [1.29, 1.82) is 0 Å². The third-order valence-corrected chi connectivity index (χ3v) is 6.50. The first-order valence-corrected chi connectivity index (χ1v) is 10.5. The van der Waals surface area contributed by atoms with Crippen molar-refractivity contribution in [3.05, 3.63) is 43.8 Å². The molecule has 5 nitrogen and oxygen atoms in total. The van der Waals surface area contributed by atoms with E-state index >= 15 is 0 Å². The highest BCUT2D eigenvalue weighted by Crippen LogP contribution is 2.37. The molecule has 29 heavy (non-hydrogen) atoms. The summed E-state index contributed by atoms with van der Waals surface area (Å²) in [6.45, 7) is 2.81. The number of aromatic amines is 1. The number of ether oxygens (including phenoxy) is 1. The fourth-order valence-corrected chi connectivity index (χ4v) is 4.65. The minimum atomic E-state index is -4.71. The van der Waals surface area contributed by atoms with Gasteiger partial charge in [0, 0.05) is 11.5 Å². The van der Waals surface area contributed by atoms with Crippen LogP contribution < -0.4 is 5.56 Å². The number of halogens is 3. The van der Waals surface area contributed by atoms with Crippen molar-refractivity contribution < 1.29 is 17.9 Å². The van der Waals surface area contributed by atoms with Crippen LogP contribution in [0.5, 0.6) is 0 Å². The average molecular weight is 442 g/mol. The number of H-pyrrole nitrogens is 1. The zero-order valence-corrected chi connectivity index (χ0v) is 17.1. The number of nitrogens with zero attached hydrogens (tertiary/aromatic N) is 2. The van der Waals surface area contributed by atoms with Crippen molar-refractivity contribution in [1.82, 2.24) is 14.5 Å². The van der Waals surface area contributed by atoms with E-state index in [-0.39, 0.29) is 28.8 Å². The monoisotopic (exact) mass is 441 g/mol. The molecule has 3 aromatic heterocycles. The molecule has 0 bridgehead atoms. The number of nitrogens with one attached hydrogen (secondary N) is 1. The standard InChI is InChI=1S/C19H18F3N3O2S2/c1-2-11-5-6-14(29-11)13-8-12(19(20,21)22)15-16(23-13)25(18(28)24-17(15)26)9-10-4-3-7-27-10/h5-6,8,10H,2-4,7,9H2,1H3,(H,24,26,28). The summed E-state index contributed by atoms with van der Waals surface area (Å²) in [5, 5.41) is -0.500. The van der Waals surface area contributed by atoms with E-state index in [1.807, 2.05) is 13.0 Å². The van der Waals surface area contributed by atoms with Crippen molar-refractivity contribution in [3.63, 3.8) is 0 Å². The fourth-order valence-electron chi connectivity index (χ4n) is 3.49. The van der Waals surface area contributed by atoms with Crippen LogP contribution in [-0.2, 0) is 23.9 Å². The maximum absolute atomic E-state index is 13.9. The van der Waals surface area contributed by atoms with Gasteiger partial charge in [0.2, 0.25) is 0 Å². The van der Waals surface area contributed by atoms with Gasteiger partial charge in [-0.15, -0.1) is 11.3 Å². The molecular weight excluding hydrogens is 423 g/mol. The van der Waals surface area contributed by atoms with Gasteiger partial charge < -0.3 is 4.74 Å². The Kier molecular flexibility index (Phi) is 5.34. The second-order valence-electron chi connectivity index (χ2n) is 6.88. The third-order valence-electron chi connectivity index (χ3n) is 4.93. The van der Waals surface area contributed by atoms with Gasteiger partial charge in [-0.05, 0) is 49.7 Å². The number of aryl methyl sites for hydroxylation is 1. The van der Waals surface area contributed by atoms with Crippen LogP contribution in [-0.4, -0.2) is 27.2 Å². The smallest absolute Gasteiger partial charge is 0.376 e. The van der Waals surface area contributed by atoms with Gasteiger partial charge in [0.1, 0.15) is 5.65 Å². The van der Waals surface area contributed by atoms with Crippen molar-refractivity contribution in [2.45, 2.75) is 45.0 Å². The van der Waals surface area contributed by atoms with Gasteiger partial charge in [0.25, 0.3) is 5.56 Å². The number of hydrogen-bond acceptors (Lipinski definition) is 5. The van der Waals surface area contributed by atoms with Crippen molar-refractivity contribution in [2.75, 3.05) is 6.61 Å². The van der Waals surface area contributed by atoms with Gasteiger partial charge >= 0.3 is 6.18 Å². The summed E-state index contributed by atoms with van der Waals surface area (Å²) in [6.07, 6.45) is -2.46. The minimum absolute atomic E-state index is 0.0381. The van der Waals surface area contributed by atoms with Crippen LogP contribution in [0.4, 0.5) is 13.2 Å². The molecule has 3 aromatic rings. The lowest BCUT2D eigenvalue weighted by molar-refractivity contribution is -0.136.